The Kier molecular flexibility index (Phi) is 7.48. The molecule has 3 nitrogen and oxygen atoms in total. The van der Waals surface area contributed by atoms with Gasteiger partial charge in [-0.2, -0.15) is 0 Å². The number of aromatic nitrogens is 1. The van der Waals surface area contributed by atoms with E-state index in [1.165, 1.54) is 138 Å². The number of aryl methyl sites for hydroxylation is 1. The van der Waals surface area contributed by atoms with Gasteiger partial charge in [0.1, 0.15) is 11.2 Å². The number of thiophene rings is 1. The molecule has 4 aliphatic rings. The average Bonchev–Trinajstić information content (AvgIpc) is 4.04. The Morgan fingerprint density at radius 3 is 2.03 bits per heavy atom. The summed E-state index contributed by atoms with van der Waals surface area (Å²) in [6.45, 7) is 24.1. The summed E-state index contributed by atoms with van der Waals surface area (Å²) in [5, 5.41) is 7.51. The first kappa shape index (κ1) is 40.3. The molecule has 0 N–H and O–H groups in total. The van der Waals surface area contributed by atoms with E-state index in [1.54, 1.807) is 0 Å². The number of benzene rings is 8. The van der Waals surface area contributed by atoms with Crippen molar-refractivity contribution in [2.24, 2.45) is 0 Å². The van der Waals surface area contributed by atoms with E-state index >= 15 is 0 Å². The molecule has 0 spiro atoms. The standard InChI is InChI=1S/C64H55BN2OS/c1-34-25-44-41-26-39-40-27-48-49(63(7,8)24-23-62(48,5)6)31-46(40)64(9,10)47(39)32-52(41)67(36-21-19-35(20-22-36)61(2,3)4)65-50-33-57-43(38-16-12-14-18-56(38)69-57)29-53(50)66-51-28-42-37-15-11-13-17-54(37)68-55(42)30-45(51)58(34)60(66)59(44)65/h11-22,25-33H,23-24H2,1-10H3. The van der Waals surface area contributed by atoms with E-state index in [4.69, 9.17) is 4.42 Å². The van der Waals surface area contributed by atoms with Crippen LogP contribution < -0.4 is 15.7 Å². The first-order valence-electron chi connectivity index (χ1n) is 25.1. The van der Waals surface area contributed by atoms with Crippen molar-refractivity contribution in [2.45, 2.75) is 104 Å². The van der Waals surface area contributed by atoms with Crippen LogP contribution in [0.4, 0.5) is 11.4 Å². The number of hydrogen-bond donors (Lipinski definition) is 0. The van der Waals surface area contributed by atoms with Crippen molar-refractivity contribution in [3.05, 3.63) is 161 Å². The first-order valence-corrected chi connectivity index (χ1v) is 26.0. The SMILES string of the molecule is Cc1cc2c3c4c1c1cc5oc6ccccc6c5cc1n4-c1cc4c(cc1B3N(c1ccc(C(C)(C)C)cc1)c1cc3c(cc1-2)-c1cc2c(cc1C3(C)C)C(C)(C)CCC2(C)C)sc1ccccc14. The Morgan fingerprint density at radius 1 is 0.565 bits per heavy atom. The highest BCUT2D eigenvalue weighted by atomic mass is 32.1. The van der Waals surface area contributed by atoms with Gasteiger partial charge in [0, 0.05) is 69.8 Å². The summed E-state index contributed by atoms with van der Waals surface area (Å²) < 4.78 is 12.0. The molecule has 15 rings (SSSR count). The van der Waals surface area contributed by atoms with Crippen LogP contribution in [-0.2, 0) is 21.7 Å². The van der Waals surface area contributed by atoms with Crippen molar-refractivity contribution in [3.8, 4) is 27.9 Å². The van der Waals surface area contributed by atoms with Crippen molar-refractivity contribution in [2.75, 3.05) is 4.81 Å². The van der Waals surface area contributed by atoms with Crippen LogP contribution in [0, 0.1) is 6.92 Å². The van der Waals surface area contributed by atoms with Crippen LogP contribution >= 0.6 is 11.3 Å². The Balaban J connectivity index is 1.10. The van der Waals surface area contributed by atoms with E-state index in [0.29, 0.717) is 0 Å². The molecule has 5 heterocycles. The lowest BCUT2D eigenvalue weighted by molar-refractivity contribution is 0.331. The number of rotatable bonds is 1. The van der Waals surface area contributed by atoms with Gasteiger partial charge in [-0.15, -0.1) is 11.3 Å². The molecule has 3 aromatic heterocycles. The highest BCUT2D eigenvalue weighted by molar-refractivity contribution is 7.26. The minimum absolute atomic E-state index is 0.0310. The average molecular weight is 911 g/mol. The van der Waals surface area contributed by atoms with Gasteiger partial charge in [-0.3, -0.25) is 0 Å². The predicted octanol–water partition coefficient (Wildman–Crippen LogP) is 16.6. The fourth-order valence-electron chi connectivity index (χ4n) is 13.8. The molecular formula is C64H55BN2OS. The number of fused-ring (bicyclic) bond motifs is 18. The topological polar surface area (TPSA) is 21.3 Å². The normalized spacial score (nSPS) is 17.0. The number of hydrogen-bond acceptors (Lipinski definition) is 3. The highest BCUT2D eigenvalue weighted by Crippen LogP contribution is 2.58. The minimum Gasteiger partial charge on any atom is -0.456 e. The smallest absolute Gasteiger partial charge is 0.333 e. The van der Waals surface area contributed by atoms with E-state index in [1.807, 2.05) is 11.3 Å². The maximum Gasteiger partial charge on any atom is 0.333 e. The highest BCUT2D eigenvalue weighted by Gasteiger charge is 2.48. The van der Waals surface area contributed by atoms with E-state index in [0.717, 1.165) is 21.9 Å². The lowest BCUT2D eigenvalue weighted by atomic mass is 9.43. The molecule has 0 bridgehead atoms. The number of furan rings is 1. The fraction of sp³-hybridized carbons (Fsp3) is 0.250. The fourth-order valence-corrected chi connectivity index (χ4v) is 14.9. The van der Waals surface area contributed by atoms with Gasteiger partial charge >= 0.3 is 6.85 Å². The molecule has 0 unspecified atom stereocenters. The van der Waals surface area contributed by atoms with E-state index in [-0.39, 0.29) is 28.5 Å². The van der Waals surface area contributed by atoms with Gasteiger partial charge in [-0.25, -0.2) is 0 Å². The molecule has 0 saturated heterocycles. The first-order chi connectivity index (χ1) is 33.0. The van der Waals surface area contributed by atoms with Crippen molar-refractivity contribution >= 4 is 104 Å². The van der Waals surface area contributed by atoms with Crippen LogP contribution in [0.1, 0.15) is 109 Å². The van der Waals surface area contributed by atoms with Gasteiger partial charge in [-0.05, 0) is 164 Å². The molecule has 5 heteroatoms. The second-order valence-corrected chi connectivity index (χ2v) is 25.1. The van der Waals surface area contributed by atoms with Crippen molar-refractivity contribution in [1.82, 2.24) is 4.57 Å². The second-order valence-electron chi connectivity index (χ2n) is 24.0. The van der Waals surface area contributed by atoms with Gasteiger partial charge in [0.25, 0.3) is 0 Å². The van der Waals surface area contributed by atoms with Gasteiger partial charge in [-0.1, -0.05) is 123 Å². The molecule has 0 fully saturated rings. The van der Waals surface area contributed by atoms with Crippen molar-refractivity contribution in [1.29, 1.82) is 0 Å². The molecule has 0 radical (unpaired) electrons. The van der Waals surface area contributed by atoms with Crippen LogP contribution in [0.2, 0.25) is 0 Å². The van der Waals surface area contributed by atoms with E-state index < -0.39 is 0 Å². The lowest BCUT2D eigenvalue weighted by Crippen LogP contribution is -2.60. The molecule has 69 heavy (non-hydrogen) atoms. The van der Waals surface area contributed by atoms with Crippen LogP contribution in [0.15, 0.2) is 132 Å². The number of para-hydroxylation sites is 1. The summed E-state index contributed by atoms with van der Waals surface area (Å²) in [5.41, 5.74) is 25.0. The summed E-state index contributed by atoms with van der Waals surface area (Å²) in [6.07, 6.45) is 2.40. The van der Waals surface area contributed by atoms with Crippen LogP contribution in [0.25, 0.3) is 91.9 Å². The maximum atomic E-state index is 6.67. The zero-order valence-electron chi connectivity index (χ0n) is 41.3. The third kappa shape index (κ3) is 5.09. The van der Waals surface area contributed by atoms with Gasteiger partial charge in [0.2, 0.25) is 0 Å². The molecule has 2 aliphatic heterocycles. The largest absolute Gasteiger partial charge is 0.456 e. The maximum absolute atomic E-state index is 6.67. The summed E-state index contributed by atoms with van der Waals surface area (Å²) in [7, 11) is 0. The summed E-state index contributed by atoms with van der Waals surface area (Å²) in [5.74, 6) is 0. The van der Waals surface area contributed by atoms with Crippen LogP contribution in [0.3, 0.4) is 0 Å². The monoisotopic (exact) mass is 910 g/mol. The van der Waals surface area contributed by atoms with E-state index in [9.17, 15) is 0 Å². The van der Waals surface area contributed by atoms with Gasteiger partial charge in [0.15, 0.2) is 0 Å². The van der Waals surface area contributed by atoms with Crippen molar-refractivity contribution in [3.63, 3.8) is 0 Å². The van der Waals surface area contributed by atoms with E-state index in [2.05, 4.69) is 206 Å². The third-order valence-corrected chi connectivity index (χ3v) is 18.8. The Morgan fingerprint density at radius 2 is 1.26 bits per heavy atom. The number of anilines is 2. The van der Waals surface area contributed by atoms with Gasteiger partial charge in [0.05, 0.1) is 11.0 Å². The molecule has 0 saturated carbocycles. The summed E-state index contributed by atoms with van der Waals surface area (Å²) in [6, 6.07) is 50.0. The molecular weight excluding hydrogens is 856 g/mol. The van der Waals surface area contributed by atoms with Crippen LogP contribution in [0.5, 0.6) is 0 Å². The summed E-state index contributed by atoms with van der Waals surface area (Å²) >= 11 is 1.92. The third-order valence-electron chi connectivity index (χ3n) is 17.7. The minimum atomic E-state index is -0.185. The van der Waals surface area contributed by atoms with Gasteiger partial charge < -0.3 is 13.8 Å². The molecule has 8 aromatic carbocycles. The predicted molar refractivity (Wildman–Crippen MR) is 296 cm³/mol. The Labute approximate surface area is 408 Å². The zero-order chi connectivity index (χ0) is 47.0. The van der Waals surface area contributed by atoms with Crippen LogP contribution in [-0.4, -0.2) is 11.4 Å². The zero-order valence-corrected chi connectivity index (χ0v) is 42.1. The molecule has 2 aliphatic carbocycles. The quantitative estimate of drug-likeness (QED) is 0.153. The molecule has 11 aromatic rings. The Hall–Kier alpha value is -6.56. The second kappa shape index (κ2) is 12.8. The Bertz CT molecular complexity index is 4170. The lowest BCUT2D eigenvalue weighted by Gasteiger charge is -2.43. The van der Waals surface area contributed by atoms with Crippen molar-refractivity contribution < 1.29 is 4.42 Å². The number of nitrogens with zero attached hydrogens (tertiary/aromatic N) is 2. The summed E-state index contributed by atoms with van der Waals surface area (Å²) in [4.78, 5) is 2.74. The molecule has 0 atom stereocenters. The molecule has 0 amide bonds. The molecule has 336 valence electrons.